The second-order valence-corrected chi connectivity index (χ2v) is 20.3. The van der Waals surface area contributed by atoms with Gasteiger partial charge in [0.05, 0.1) is 33.4 Å². The summed E-state index contributed by atoms with van der Waals surface area (Å²) in [5.41, 5.74) is 4.33. The number of carboxylic acids is 1. The highest BCUT2D eigenvalue weighted by molar-refractivity contribution is 7.91. The zero-order valence-corrected chi connectivity index (χ0v) is 35.6. The fourth-order valence-corrected chi connectivity index (χ4v) is 8.87. The number of aromatic carboxylic acids is 1. The van der Waals surface area contributed by atoms with Crippen LogP contribution in [0.2, 0.25) is 0 Å². The van der Waals surface area contributed by atoms with Crippen LogP contribution in [0, 0.1) is 0 Å². The first kappa shape index (κ1) is 46.9. The first-order valence-corrected chi connectivity index (χ1v) is 24.4. The molecule has 0 unspecified atom stereocenters. The lowest BCUT2D eigenvalue weighted by molar-refractivity contribution is 0.0696. The van der Waals surface area contributed by atoms with Gasteiger partial charge in [-0.05, 0) is 78.2 Å². The molecule has 0 spiro atoms. The minimum atomic E-state index is -5.11. The highest BCUT2D eigenvalue weighted by atomic mass is 32.3. The number of rotatable bonds is 16. The summed E-state index contributed by atoms with van der Waals surface area (Å²) in [5, 5.41) is 22.7. The smallest absolute Gasteiger partial charge is 0.397 e. The fourth-order valence-electron chi connectivity index (χ4n) is 5.61. The molecule has 0 bridgehead atoms. The molecule has 0 amide bonds. The summed E-state index contributed by atoms with van der Waals surface area (Å²) in [6, 6.07) is 16.9. The van der Waals surface area contributed by atoms with E-state index in [-0.39, 0.29) is 55.9 Å². The van der Waals surface area contributed by atoms with E-state index in [1.54, 1.807) is 0 Å². The lowest BCUT2D eigenvalue weighted by atomic mass is 10.1. The van der Waals surface area contributed by atoms with Crippen molar-refractivity contribution in [1.82, 2.24) is 15.0 Å². The van der Waals surface area contributed by atoms with Crippen LogP contribution in [-0.2, 0) is 54.8 Å². The van der Waals surface area contributed by atoms with Gasteiger partial charge in [-0.25, -0.2) is 17.4 Å². The first-order chi connectivity index (χ1) is 29.7. The van der Waals surface area contributed by atoms with Crippen molar-refractivity contribution in [2.24, 2.45) is 10.2 Å². The zero-order chi connectivity index (χ0) is 47.0. The molecule has 1 aromatic heterocycles. The molecule has 64 heavy (non-hydrogen) atoms. The molecular weight excluding hydrogens is 953 g/mol. The summed E-state index contributed by atoms with van der Waals surface area (Å²) < 4.78 is 162. The third kappa shape index (κ3) is 11.3. The van der Waals surface area contributed by atoms with Gasteiger partial charge in [-0.15, -0.1) is 10.2 Å². The fraction of sp³-hybridized carbons (Fsp3) is 0.0588. The van der Waals surface area contributed by atoms with Crippen molar-refractivity contribution in [1.29, 1.82) is 0 Å². The molecule has 9 N–H and O–H groups in total. The van der Waals surface area contributed by atoms with Gasteiger partial charge in [0.2, 0.25) is 11.9 Å². The molecule has 5 aromatic carbocycles. The van der Waals surface area contributed by atoms with E-state index in [0.717, 1.165) is 54.6 Å². The molecule has 25 nitrogen and oxygen atoms in total. The Morgan fingerprint density at radius 2 is 1.27 bits per heavy atom. The quantitative estimate of drug-likeness (QED) is 0.0382. The van der Waals surface area contributed by atoms with Gasteiger partial charge in [0.25, 0.3) is 30.4 Å². The number of nitrogens with two attached hydrogens (primary N) is 1. The number of nitrogens with one attached hydrogen (secondary N) is 2. The van der Waals surface area contributed by atoms with Crippen LogP contribution in [0.3, 0.4) is 0 Å². The van der Waals surface area contributed by atoms with Crippen LogP contribution >= 0.6 is 0 Å². The highest BCUT2D eigenvalue weighted by Gasteiger charge is 2.23. The number of hydrogen-bond donors (Lipinski definition) is 8. The molecule has 30 heteroatoms. The molecule has 1 heterocycles. The Bertz CT molecular complexity index is 3480. The number of carboxylic acid groups (broad SMARTS) is 1. The Kier molecular flexibility index (Phi) is 12.8. The minimum Gasteiger partial charge on any atom is -0.478 e. The van der Waals surface area contributed by atoms with Crippen molar-refractivity contribution in [3.8, 4) is 11.4 Å². The molecule has 0 saturated heterocycles. The van der Waals surface area contributed by atoms with Gasteiger partial charge in [-0.2, -0.15) is 48.6 Å². The third-order valence-corrected chi connectivity index (χ3v) is 13.3. The summed E-state index contributed by atoms with van der Waals surface area (Å²) in [7, 11) is -24.0. The number of benzene rings is 5. The molecule has 0 saturated carbocycles. The summed E-state index contributed by atoms with van der Waals surface area (Å²) in [5.74, 6) is -2.73. The van der Waals surface area contributed by atoms with Crippen molar-refractivity contribution in [3.05, 3.63) is 96.6 Å². The average molecular weight is 981 g/mol. The van der Waals surface area contributed by atoms with Crippen molar-refractivity contribution < 1.29 is 74.4 Å². The van der Waals surface area contributed by atoms with Gasteiger partial charge in [0.15, 0.2) is 15.7 Å². The Labute approximate surface area is 361 Å². The Morgan fingerprint density at radius 3 is 1.86 bits per heavy atom. The summed E-state index contributed by atoms with van der Waals surface area (Å²) >= 11 is 0. The minimum absolute atomic E-state index is 0.0569. The van der Waals surface area contributed by atoms with Crippen molar-refractivity contribution in [3.63, 3.8) is 0 Å². The van der Waals surface area contributed by atoms with Crippen LogP contribution in [0.15, 0.2) is 121 Å². The number of hydrogen-bond acceptors (Lipinski definition) is 20. The number of sulfone groups is 1. The highest BCUT2D eigenvalue weighted by Crippen LogP contribution is 2.40. The van der Waals surface area contributed by atoms with E-state index < -0.39 is 101 Å². The van der Waals surface area contributed by atoms with E-state index in [1.165, 1.54) is 36.4 Å². The van der Waals surface area contributed by atoms with E-state index in [2.05, 4.69) is 40.0 Å². The lowest BCUT2D eigenvalue weighted by Crippen LogP contribution is -2.15. The van der Waals surface area contributed by atoms with Crippen molar-refractivity contribution in [2.45, 2.75) is 19.6 Å². The lowest BCUT2D eigenvalue weighted by Gasteiger charge is -2.13. The maximum Gasteiger partial charge on any atom is 0.397 e. The molecule has 0 radical (unpaired) electrons. The molecule has 6 aromatic rings. The van der Waals surface area contributed by atoms with Crippen LogP contribution in [0.25, 0.3) is 22.2 Å². The van der Waals surface area contributed by atoms with E-state index in [4.69, 9.17) is 10.3 Å². The van der Waals surface area contributed by atoms with Crippen LogP contribution < -0.4 is 16.4 Å². The zero-order valence-electron chi connectivity index (χ0n) is 31.6. The Hall–Kier alpha value is -6.61. The largest absolute Gasteiger partial charge is 0.478 e. The molecular formula is C34H28N8O17S5. The van der Waals surface area contributed by atoms with E-state index in [0.29, 0.717) is 0 Å². The summed E-state index contributed by atoms with van der Waals surface area (Å²) in [6.07, 6.45) is 0. The summed E-state index contributed by atoms with van der Waals surface area (Å²) in [6.45, 7) is -0.865. The number of nitrogens with zero attached hydrogens (tertiary/aromatic N) is 5. The normalized spacial score (nSPS) is 12.7. The molecule has 0 aliphatic heterocycles. The molecule has 0 aliphatic carbocycles. The molecule has 0 aliphatic rings. The van der Waals surface area contributed by atoms with Crippen LogP contribution in [0.5, 0.6) is 0 Å². The standard InChI is InChI=1S/C34H28N8O17S5/c35-29-28(63(53,54)55)16-20-15-24(61(47,48)49)9-10-25(20)30(29)42-41-26-17-22(6-11-27(26)62(50,51)52)37-34-39-31(18-2-1-3-19(14-18)32(43)44)38-33(40-34)36-21-4-7-23(8-5-21)60(45,46)13-12-59-64(56,57)58/h1-11,14-17H,12-13,35H2,(H,43,44)(H,47,48,49)(H,50,51,52)(H,53,54,55)(H,56,57,58)(H2,36,37,38,39,40). The summed E-state index contributed by atoms with van der Waals surface area (Å²) in [4.78, 5) is 22.0. The van der Waals surface area contributed by atoms with Gasteiger partial charge in [-0.3, -0.25) is 18.2 Å². The van der Waals surface area contributed by atoms with Crippen molar-refractivity contribution >= 4 is 108 Å². The number of anilines is 5. The molecule has 336 valence electrons. The van der Waals surface area contributed by atoms with Gasteiger partial charge < -0.3 is 21.5 Å². The number of fused-ring (bicyclic) bond motifs is 1. The number of aromatic nitrogens is 3. The van der Waals surface area contributed by atoms with Gasteiger partial charge in [0, 0.05) is 22.3 Å². The van der Waals surface area contributed by atoms with Crippen LogP contribution in [-0.4, -0.2) is 98.7 Å². The predicted molar refractivity (Wildman–Crippen MR) is 223 cm³/mol. The van der Waals surface area contributed by atoms with Crippen LogP contribution in [0.4, 0.5) is 40.3 Å². The Balaban J connectivity index is 1.41. The van der Waals surface area contributed by atoms with Crippen LogP contribution in [0.1, 0.15) is 10.4 Å². The van der Waals surface area contributed by atoms with Gasteiger partial charge in [-0.1, -0.05) is 18.2 Å². The molecule has 0 atom stereocenters. The molecule has 0 fully saturated rings. The van der Waals surface area contributed by atoms with E-state index in [1.807, 2.05) is 0 Å². The van der Waals surface area contributed by atoms with Gasteiger partial charge >= 0.3 is 16.4 Å². The Morgan fingerprint density at radius 1 is 0.656 bits per heavy atom. The molecule has 6 rings (SSSR count). The van der Waals surface area contributed by atoms with Crippen molar-refractivity contribution in [2.75, 3.05) is 28.7 Å². The predicted octanol–water partition coefficient (Wildman–Crippen LogP) is 4.21. The average Bonchev–Trinajstić information content (AvgIpc) is 3.18. The second-order valence-electron chi connectivity index (χ2n) is 12.9. The first-order valence-electron chi connectivity index (χ1n) is 17.1. The third-order valence-electron chi connectivity index (χ3n) is 8.47. The maximum atomic E-state index is 12.7. The maximum absolute atomic E-state index is 12.7. The number of carbonyl (C=O) groups is 1. The van der Waals surface area contributed by atoms with E-state index >= 15 is 0 Å². The topological polar surface area (TPSA) is 412 Å². The monoisotopic (exact) mass is 980 g/mol. The number of nitrogen functional groups attached to an aromatic ring is 1. The van der Waals surface area contributed by atoms with Gasteiger partial charge in [0.1, 0.15) is 21.2 Å². The number of azo groups is 1. The van der Waals surface area contributed by atoms with E-state index in [9.17, 15) is 65.6 Å². The SMILES string of the molecule is Nc1c(S(=O)(=O)O)cc2cc(S(=O)(=O)O)ccc2c1N=Nc1cc(Nc2nc(Nc3ccc(S(=O)(=O)CCOS(=O)(=O)O)cc3)nc(-c3cccc(C(=O)O)c3)n2)ccc1S(=O)(=O)O. The second kappa shape index (κ2) is 17.5.